The Labute approximate surface area is 116 Å². The van der Waals surface area contributed by atoms with Gasteiger partial charge in [-0.05, 0) is 36.7 Å². The quantitative estimate of drug-likeness (QED) is 0.849. The Kier molecular flexibility index (Phi) is 6.34. The van der Waals surface area contributed by atoms with Gasteiger partial charge in [0.1, 0.15) is 5.76 Å². The summed E-state index contributed by atoms with van der Waals surface area (Å²) in [5, 5.41) is 3.35. The van der Waals surface area contributed by atoms with E-state index in [1.165, 1.54) is 10.0 Å². The lowest BCUT2D eigenvalue weighted by Crippen LogP contribution is -2.16. The van der Waals surface area contributed by atoms with Crippen LogP contribution in [0.3, 0.4) is 0 Å². The van der Waals surface area contributed by atoms with E-state index in [-0.39, 0.29) is 12.4 Å². The van der Waals surface area contributed by atoms with Crippen LogP contribution in [0.5, 0.6) is 0 Å². The molecule has 0 atom stereocenters. The predicted molar refractivity (Wildman–Crippen MR) is 75.5 cm³/mol. The largest absolute Gasteiger partial charge is 0.468 e. The van der Waals surface area contributed by atoms with Crippen LogP contribution < -0.4 is 5.32 Å². The molecule has 0 aliphatic carbocycles. The molecule has 0 saturated carbocycles. The summed E-state index contributed by atoms with van der Waals surface area (Å²) in [7, 11) is 0. The third-order valence-corrected chi connectivity index (χ3v) is 3.18. The fraction of sp³-hybridized carbons (Fsp3) is 0.231. The molecule has 0 bridgehead atoms. The lowest BCUT2D eigenvalue weighted by atomic mass is 10.1. The summed E-state index contributed by atoms with van der Waals surface area (Å²) in [6.45, 7) is 1.74. The normalized spacial score (nSPS) is 9.94. The Morgan fingerprint density at radius 3 is 2.65 bits per heavy atom. The third kappa shape index (κ3) is 4.54. The fourth-order valence-electron chi connectivity index (χ4n) is 1.55. The fourth-order valence-corrected chi connectivity index (χ4v) is 2.03. The summed E-state index contributed by atoms with van der Waals surface area (Å²) in [6, 6.07) is 12.2. The molecule has 1 aromatic heterocycles. The van der Waals surface area contributed by atoms with E-state index in [1.54, 1.807) is 6.26 Å². The summed E-state index contributed by atoms with van der Waals surface area (Å²) < 4.78 is 6.41. The van der Waals surface area contributed by atoms with Crippen LogP contribution in [0.1, 0.15) is 11.3 Å². The van der Waals surface area contributed by atoms with Crippen molar-refractivity contribution in [2.24, 2.45) is 0 Å². The highest BCUT2D eigenvalue weighted by Crippen LogP contribution is 2.15. The minimum absolute atomic E-state index is 0. The van der Waals surface area contributed by atoms with E-state index >= 15 is 0 Å². The van der Waals surface area contributed by atoms with Gasteiger partial charge in [0.25, 0.3) is 0 Å². The molecule has 4 heteroatoms. The molecule has 2 aromatic rings. The van der Waals surface area contributed by atoms with Gasteiger partial charge in [0.05, 0.1) is 12.8 Å². The molecule has 1 aromatic carbocycles. The molecule has 2 rings (SSSR count). The lowest BCUT2D eigenvalue weighted by Gasteiger charge is -2.05. The molecule has 17 heavy (non-hydrogen) atoms. The predicted octanol–water partition coefficient (Wildman–Crippen LogP) is 3.80. The first-order valence-electron chi connectivity index (χ1n) is 5.33. The van der Waals surface area contributed by atoms with E-state index in [0.717, 1.165) is 25.3 Å². The molecule has 0 aliphatic rings. The first kappa shape index (κ1) is 14.3. The molecule has 1 N–H and O–H groups in total. The molecule has 2 nitrogen and oxygen atoms in total. The summed E-state index contributed by atoms with van der Waals surface area (Å²) in [5.41, 5.74) is 1.33. The second-order valence-electron chi connectivity index (χ2n) is 3.60. The number of nitrogens with one attached hydrogen (secondary N) is 1. The second-order valence-corrected chi connectivity index (χ2v) is 4.45. The molecule has 1 heterocycles. The van der Waals surface area contributed by atoms with Gasteiger partial charge in [-0.2, -0.15) is 0 Å². The van der Waals surface area contributed by atoms with Gasteiger partial charge in [-0.15, -0.1) is 12.4 Å². The second kappa shape index (κ2) is 7.54. The summed E-state index contributed by atoms with van der Waals surface area (Å²) >= 11 is 3.54. The topological polar surface area (TPSA) is 25.2 Å². The molecule has 0 aliphatic heterocycles. The maximum absolute atomic E-state index is 5.24. The number of halogens is 2. The van der Waals surface area contributed by atoms with Gasteiger partial charge in [0, 0.05) is 4.47 Å². The number of furan rings is 1. The minimum Gasteiger partial charge on any atom is -0.468 e. The van der Waals surface area contributed by atoms with Crippen LogP contribution in [0.25, 0.3) is 0 Å². The highest BCUT2D eigenvalue weighted by atomic mass is 79.9. The molecular formula is C13H15BrClNO. The van der Waals surface area contributed by atoms with Crippen LogP contribution in [-0.2, 0) is 13.0 Å². The van der Waals surface area contributed by atoms with Crippen molar-refractivity contribution in [3.05, 3.63) is 58.5 Å². The van der Waals surface area contributed by atoms with E-state index in [2.05, 4.69) is 39.4 Å². The number of rotatable bonds is 5. The van der Waals surface area contributed by atoms with Crippen LogP contribution >= 0.6 is 28.3 Å². The van der Waals surface area contributed by atoms with Gasteiger partial charge in [0.15, 0.2) is 0 Å². The van der Waals surface area contributed by atoms with Crippen LogP contribution in [0.4, 0.5) is 0 Å². The van der Waals surface area contributed by atoms with Crippen molar-refractivity contribution in [3.8, 4) is 0 Å². The molecule has 0 fully saturated rings. The zero-order valence-electron chi connectivity index (χ0n) is 9.36. The van der Waals surface area contributed by atoms with Crippen molar-refractivity contribution in [1.82, 2.24) is 5.32 Å². The smallest absolute Gasteiger partial charge is 0.117 e. The molecule has 92 valence electrons. The van der Waals surface area contributed by atoms with Crippen molar-refractivity contribution >= 4 is 28.3 Å². The van der Waals surface area contributed by atoms with E-state index in [9.17, 15) is 0 Å². The van der Waals surface area contributed by atoms with Crippen molar-refractivity contribution in [2.75, 3.05) is 6.54 Å². The third-order valence-electron chi connectivity index (χ3n) is 2.41. The van der Waals surface area contributed by atoms with Gasteiger partial charge in [-0.25, -0.2) is 0 Å². The first-order valence-corrected chi connectivity index (χ1v) is 6.12. The van der Waals surface area contributed by atoms with Crippen molar-refractivity contribution in [3.63, 3.8) is 0 Å². The molecule has 0 amide bonds. The maximum atomic E-state index is 5.24. The standard InChI is InChI=1S/C13H14BrNO.ClH/c14-13-6-2-1-4-11(13)7-8-15-10-12-5-3-9-16-12;/h1-6,9,15H,7-8,10H2;1H. The molecule has 0 spiro atoms. The van der Waals surface area contributed by atoms with E-state index in [0.29, 0.717) is 0 Å². The van der Waals surface area contributed by atoms with Crippen LogP contribution in [0.15, 0.2) is 51.6 Å². The molecule has 0 saturated heterocycles. The highest BCUT2D eigenvalue weighted by Gasteiger charge is 1.98. The average Bonchev–Trinajstić information content (AvgIpc) is 2.79. The van der Waals surface area contributed by atoms with Gasteiger partial charge in [-0.1, -0.05) is 34.1 Å². The average molecular weight is 317 g/mol. The SMILES string of the molecule is Brc1ccccc1CCNCc1ccco1.Cl. The highest BCUT2D eigenvalue weighted by molar-refractivity contribution is 9.10. The lowest BCUT2D eigenvalue weighted by molar-refractivity contribution is 0.484. The van der Waals surface area contributed by atoms with Crippen LogP contribution in [-0.4, -0.2) is 6.54 Å². The summed E-state index contributed by atoms with van der Waals surface area (Å²) in [4.78, 5) is 0. The summed E-state index contributed by atoms with van der Waals surface area (Å²) in [5.74, 6) is 0.979. The zero-order chi connectivity index (χ0) is 11.2. The Bertz CT molecular complexity index is 431. The van der Waals surface area contributed by atoms with Crippen LogP contribution in [0.2, 0.25) is 0 Å². The molecule has 0 unspecified atom stereocenters. The first-order chi connectivity index (χ1) is 7.86. The van der Waals surface area contributed by atoms with Crippen molar-refractivity contribution in [2.45, 2.75) is 13.0 Å². The summed E-state index contributed by atoms with van der Waals surface area (Å²) in [6.07, 6.45) is 2.72. The van der Waals surface area contributed by atoms with E-state index in [4.69, 9.17) is 4.42 Å². The van der Waals surface area contributed by atoms with Crippen LogP contribution in [0, 0.1) is 0 Å². The number of benzene rings is 1. The minimum atomic E-state index is 0. The zero-order valence-corrected chi connectivity index (χ0v) is 11.8. The van der Waals surface area contributed by atoms with Gasteiger partial charge >= 0.3 is 0 Å². The van der Waals surface area contributed by atoms with E-state index in [1.807, 2.05) is 18.2 Å². The Balaban J connectivity index is 0.00000144. The molecular weight excluding hydrogens is 302 g/mol. The number of hydrogen-bond donors (Lipinski definition) is 1. The van der Waals surface area contributed by atoms with Gasteiger partial charge < -0.3 is 9.73 Å². The van der Waals surface area contributed by atoms with Gasteiger partial charge in [0.2, 0.25) is 0 Å². The van der Waals surface area contributed by atoms with Crippen molar-refractivity contribution in [1.29, 1.82) is 0 Å². The monoisotopic (exact) mass is 315 g/mol. The Morgan fingerprint density at radius 2 is 1.94 bits per heavy atom. The Morgan fingerprint density at radius 1 is 1.12 bits per heavy atom. The van der Waals surface area contributed by atoms with E-state index < -0.39 is 0 Å². The van der Waals surface area contributed by atoms with Crippen molar-refractivity contribution < 1.29 is 4.42 Å². The maximum Gasteiger partial charge on any atom is 0.117 e. The molecule has 0 radical (unpaired) electrons. The van der Waals surface area contributed by atoms with Gasteiger partial charge in [-0.3, -0.25) is 0 Å². The number of hydrogen-bond acceptors (Lipinski definition) is 2. The Hall–Kier alpha value is -0.770.